The van der Waals surface area contributed by atoms with E-state index in [-0.39, 0.29) is 10.8 Å². The maximum Gasteiger partial charge on any atom is 0.402 e. The van der Waals surface area contributed by atoms with E-state index in [1.807, 2.05) is 0 Å². The van der Waals surface area contributed by atoms with Crippen LogP contribution in [-0.2, 0) is 14.8 Å². The van der Waals surface area contributed by atoms with Crippen LogP contribution in [0.5, 0.6) is 0 Å². The van der Waals surface area contributed by atoms with Crippen LogP contribution in [0.15, 0.2) is 29.2 Å². The third kappa shape index (κ3) is 6.66. The lowest BCUT2D eigenvalue weighted by atomic mass is 9.87. The number of amides is 1. The molecule has 1 aromatic carbocycles. The molecule has 0 bridgehead atoms. The standard InChI is InChI=1S/C16H21F3N2O3S/c17-16(18,19)11-20-25(23,24)14-8-6-13(7-9-14)21-15(22)10-12-4-2-1-3-5-12/h6-9,12,20H,1-5,10-11H2,(H,21,22). The third-order valence-corrected chi connectivity index (χ3v) is 5.53. The monoisotopic (exact) mass is 378 g/mol. The van der Waals surface area contributed by atoms with E-state index in [0.717, 1.165) is 37.8 Å². The van der Waals surface area contributed by atoms with E-state index in [9.17, 15) is 26.4 Å². The van der Waals surface area contributed by atoms with Crippen molar-refractivity contribution in [2.24, 2.45) is 5.92 Å². The number of alkyl halides is 3. The number of rotatable bonds is 6. The zero-order valence-electron chi connectivity index (χ0n) is 13.6. The molecule has 1 aromatic rings. The summed E-state index contributed by atoms with van der Waals surface area (Å²) >= 11 is 0. The molecular formula is C16H21F3N2O3S. The number of anilines is 1. The van der Waals surface area contributed by atoms with E-state index in [2.05, 4.69) is 5.32 Å². The quantitative estimate of drug-likeness (QED) is 0.796. The van der Waals surface area contributed by atoms with E-state index in [4.69, 9.17) is 0 Å². The second kappa shape index (κ2) is 8.18. The highest BCUT2D eigenvalue weighted by atomic mass is 32.2. The summed E-state index contributed by atoms with van der Waals surface area (Å²) in [6.07, 6.45) is 1.35. The third-order valence-electron chi connectivity index (χ3n) is 4.11. The first kappa shape index (κ1) is 19.7. The Bertz CT molecular complexity index is 682. The normalized spacial score (nSPS) is 16.6. The summed E-state index contributed by atoms with van der Waals surface area (Å²) in [6, 6.07) is 5.05. The van der Waals surface area contributed by atoms with Gasteiger partial charge in [-0.15, -0.1) is 0 Å². The lowest BCUT2D eigenvalue weighted by molar-refractivity contribution is -0.121. The molecule has 0 aromatic heterocycles. The van der Waals surface area contributed by atoms with Crippen LogP contribution in [0.4, 0.5) is 18.9 Å². The fourth-order valence-electron chi connectivity index (χ4n) is 2.84. The Balaban J connectivity index is 1.91. The molecule has 5 nitrogen and oxygen atoms in total. The second-order valence-electron chi connectivity index (χ2n) is 6.22. The number of carbonyl (C=O) groups excluding carboxylic acids is 1. The van der Waals surface area contributed by atoms with Crippen LogP contribution >= 0.6 is 0 Å². The molecule has 0 saturated heterocycles. The summed E-state index contributed by atoms with van der Waals surface area (Å²) in [5.74, 6) is 0.234. The molecule has 1 aliphatic rings. The number of hydrogen-bond acceptors (Lipinski definition) is 3. The van der Waals surface area contributed by atoms with Crippen LogP contribution in [0.25, 0.3) is 0 Å². The minimum Gasteiger partial charge on any atom is -0.326 e. The molecule has 1 saturated carbocycles. The van der Waals surface area contributed by atoms with E-state index < -0.39 is 22.7 Å². The molecule has 0 spiro atoms. The average Bonchev–Trinajstić information content (AvgIpc) is 2.54. The lowest BCUT2D eigenvalue weighted by Gasteiger charge is -2.20. The minimum atomic E-state index is -4.62. The zero-order valence-corrected chi connectivity index (χ0v) is 14.4. The number of sulfonamides is 1. The Kier molecular flexibility index (Phi) is 6.45. The first-order valence-electron chi connectivity index (χ1n) is 8.12. The van der Waals surface area contributed by atoms with Crippen LogP contribution in [0.3, 0.4) is 0 Å². The highest BCUT2D eigenvalue weighted by Gasteiger charge is 2.30. The lowest BCUT2D eigenvalue weighted by Crippen LogP contribution is -2.33. The molecule has 0 heterocycles. The first-order chi connectivity index (χ1) is 11.7. The highest BCUT2D eigenvalue weighted by Crippen LogP contribution is 2.26. The summed E-state index contributed by atoms with van der Waals surface area (Å²) < 4.78 is 61.4. The van der Waals surface area contributed by atoms with Crippen molar-refractivity contribution < 1.29 is 26.4 Å². The predicted molar refractivity (Wildman–Crippen MR) is 87.5 cm³/mol. The van der Waals surface area contributed by atoms with Gasteiger partial charge in [0.1, 0.15) is 6.54 Å². The Morgan fingerprint density at radius 1 is 1.08 bits per heavy atom. The molecule has 2 rings (SSSR count). The SMILES string of the molecule is O=C(CC1CCCCC1)Nc1ccc(S(=O)(=O)NCC(F)(F)F)cc1. The Morgan fingerprint density at radius 2 is 1.68 bits per heavy atom. The van der Waals surface area contributed by atoms with Gasteiger partial charge < -0.3 is 5.32 Å². The van der Waals surface area contributed by atoms with Crippen molar-refractivity contribution in [1.82, 2.24) is 4.72 Å². The van der Waals surface area contributed by atoms with Gasteiger partial charge in [-0.3, -0.25) is 4.79 Å². The molecule has 0 atom stereocenters. The van der Waals surface area contributed by atoms with Crippen LogP contribution < -0.4 is 10.0 Å². The molecule has 1 fully saturated rings. The number of nitrogens with one attached hydrogen (secondary N) is 2. The van der Waals surface area contributed by atoms with E-state index in [1.54, 1.807) is 0 Å². The Morgan fingerprint density at radius 3 is 2.24 bits per heavy atom. The van der Waals surface area contributed by atoms with Gasteiger partial charge in [-0.2, -0.15) is 13.2 Å². The summed E-state index contributed by atoms with van der Waals surface area (Å²) in [6.45, 7) is -1.63. The van der Waals surface area contributed by atoms with Crippen molar-refractivity contribution in [1.29, 1.82) is 0 Å². The molecule has 0 aliphatic heterocycles. The maximum atomic E-state index is 12.1. The largest absolute Gasteiger partial charge is 0.402 e. The molecule has 1 aliphatic carbocycles. The predicted octanol–water partition coefficient (Wildman–Crippen LogP) is 3.44. The van der Waals surface area contributed by atoms with Crippen molar-refractivity contribution in [2.45, 2.75) is 49.6 Å². The van der Waals surface area contributed by atoms with Crippen LogP contribution in [0, 0.1) is 5.92 Å². The summed E-state index contributed by atoms with van der Waals surface area (Å²) in [5, 5.41) is 2.69. The van der Waals surface area contributed by atoms with Crippen molar-refractivity contribution in [3.05, 3.63) is 24.3 Å². The molecule has 0 radical (unpaired) electrons. The number of hydrogen-bond donors (Lipinski definition) is 2. The Labute approximate surface area is 145 Å². The van der Waals surface area contributed by atoms with Crippen molar-refractivity contribution in [2.75, 3.05) is 11.9 Å². The van der Waals surface area contributed by atoms with E-state index in [1.165, 1.54) is 23.3 Å². The summed E-state index contributed by atoms with van der Waals surface area (Å²) in [5.41, 5.74) is 0.413. The van der Waals surface area contributed by atoms with Crippen LogP contribution in [0.1, 0.15) is 38.5 Å². The van der Waals surface area contributed by atoms with Crippen molar-refractivity contribution >= 4 is 21.6 Å². The molecule has 2 N–H and O–H groups in total. The molecule has 1 amide bonds. The number of carbonyl (C=O) groups is 1. The zero-order chi connectivity index (χ0) is 18.5. The smallest absolute Gasteiger partial charge is 0.326 e. The second-order valence-corrected chi connectivity index (χ2v) is 7.99. The van der Waals surface area contributed by atoms with Gasteiger partial charge in [-0.1, -0.05) is 19.3 Å². The minimum absolute atomic E-state index is 0.141. The first-order valence-corrected chi connectivity index (χ1v) is 9.60. The van der Waals surface area contributed by atoms with Gasteiger partial charge in [0.2, 0.25) is 15.9 Å². The number of benzene rings is 1. The fraction of sp³-hybridized carbons (Fsp3) is 0.562. The van der Waals surface area contributed by atoms with Gasteiger partial charge >= 0.3 is 6.18 Å². The van der Waals surface area contributed by atoms with Gasteiger partial charge in [0.15, 0.2) is 0 Å². The van der Waals surface area contributed by atoms with Crippen molar-refractivity contribution in [3.63, 3.8) is 0 Å². The van der Waals surface area contributed by atoms with Crippen LogP contribution in [-0.4, -0.2) is 27.0 Å². The molecule has 140 valence electrons. The maximum absolute atomic E-state index is 12.1. The van der Waals surface area contributed by atoms with Gasteiger partial charge in [-0.05, 0) is 43.0 Å². The fourth-order valence-corrected chi connectivity index (χ4v) is 3.86. The average molecular weight is 378 g/mol. The summed E-state index contributed by atoms with van der Waals surface area (Å²) in [7, 11) is -4.24. The molecule has 25 heavy (non-hydrogen) atoms. The van der Waals surface area contributed by atoms with Crippen molar-refractivity contribution in [3.8, 4) is 0 Å². The Hall–Kier alpha value is -1.61. The van der Waals surface area contributed by atoms with E-state index in [0.29, 0.717) is 18.0 Å². The van der Waals surface area contributed by atoms with Crippen LogP contribution in [0.2, 0.25) is 0 Å². The van der Waals surface area contributed by atoms with E-state index >= 15 is 0 Å². The van der Waals surface area contributed by atoms with Gasteiger partial charge in [-0.25, -0.2) is 13.1 Å². The van der Waals surface area contributed by atoms with Gasteiger partial charge in [0, 0.05) is 12.1 Å². The number of halogens is 3. The van der Waals surface area contributed by atoms with Gasteiger partial charge in [0.05, 0.1) is 4.90 Å². The topological polar surface area (TPSA) is 75.3 Å². The highest BCUT2D eigenvalue weighted by molar-refractivity contribution is 7.89. The molecule has 0 unspecified atom stereocenters. The summed E-state index contributed by atoms with van der Waals surface area (Å²) in [4.78, 5) is 11.7. The molecular weight excluding hydrogens is 357 g/mol. The molecule has 9 heteroatoms. The van der Waals surface area contributed by atoms with Gasteiger partial charge in [0.25, 0.3) is 0 Å².